The van der Waals surface area contributed by atoms with E-state index in [0.29, 0.717) is 5.33 Å². The predicted molar refractivity (Wildman–Crippen MR) is 66.3 cm³/mol. The standard InChI is InChI=1S/C12H12BrF2NO2/c13-7-12(5-6-12)16-10(17)8-3-1-2-4-9(8)18-11(14)15/h1-4,11H,5-7H2,(H,16,17). The maximum absolute atomic E-state index is 12.2. The molecule has 0 spiro atoms. The van der Waals surface area contributed by atoms with E-state index in [9.17, 15) is 13.6 Å². The van der Waals surface area contributed by atoms with Crippen molar-refractivity contribution in [2.75, 3.05) is 5.33 Å². The fourth-order valence-corrected chi connectivity index (χ4v) is 2.30. The van der Waals surface area contributed by atoms with Crippen molar-refractivity contribution in [3.63, 3.8) is 0 Å². The van der Waals surface area contributed by atoms with Gasteiger partial charge in [0.05, 0.1) is 11.1 Å². The summed E-state index contributed by atoms with van der Waals surface area (Å²) in [5, 5.41) is 3.49. The highest BCUT2D eigenvalue weighted by Crippen LogP contribution is 2.37. The van der Waals surface area contributed by atoms with Gasteiger partial charge >= 0.3 is 6.61 Å². The second-order valence-corrected chi connectivity index (χ2v) is 4.80. The van der Waals surface area contributed by atoms with Crippen LogP contribution in [0.15, 0.2) is 24.3 Å². The number of halogens is 3. The van der Waals surface area contributed by atoms with Gasteiger partial charge in [-0.3, -0.25) is 4.79 Å². The zero-order valence-corrected chi connectivity index (χ0v) is 11.0. The first-order valence-electron chi connectivity index (χ1n) is 5.49. The molecule has 0 atom stereocenters. The van der Waals surface area contributed by atoms with E-state index in [0.717, 1.165) is 12.8 Å². The van der Waals surface area contributed by atoms with Gasteiger partial charge in [0.15, 0.2) is 0 Å². The molecule has 6 heteroatoms. The number of amides is 1. The van der Waals surface area contributed by atoms with Crippen LogP contribution >= 0.6 is 15.9 Å². The van der Waals surface area contributed by atoms with Crippen LogP contribution in [-0.4, -0.2) is 23.4 Å². The number of carbonyl (C=O) groups is 1. The summed E-state index contributed by atoms with van der Waals surface area (Å²) < 4.78 is 28.8. The lowest BCUT2D eigenvalue weighted by Crippen LogP contribution is -2.38. The first-order valence-corrected chi connectivity index (χ1v) is 6.61. The summed E-state index contributed by atoms with van der Waals surface area (Å²) in [7, 11) is 0. The Balaban J connectivity index is 2.14. The zero-order chi connectivity index (χ0) is 13.2. The van der Waals surface area contributed by atoms with Crippen molar-refractivity contribution in [1.29, 1.82) is 0 Å². The van der Waals surface area contributed by atoms with Crippen LogP contribution in [0.1, 0.15) is 23.2 Å². The molecule has 0 radical (unpaired) electrons. The molecule has 1 saturated carbocycles. The summed E-state index contributed by atoms with van der Waals surface area (Å²) in [4.78, 5) is 12.0. The molecule has 98 valence electrons. The number of ether oxygens (including phenoxy) is 1. The number of benzene rings is 1. The fraction of sp³-hybridized carbons (Fsp3) is 0.417. The van der Waals surface area contributed by atoms with Gasteiger partial charge in [0.2, 0.25) is 0 Å². The van der Waals surface area contributed by atoms with Crippen LogP contribution in [-0.2, 0) is 0 Å². The molecule has 1 fully saturated rings. The Morgan fingerprint density at radius 1 is 1.44 bits per heavy atom. The topological polar surface area (TPSA) is 38.3 Å². The predicted octanol–water partition coefficient (Wildman–Crippen LogP) is 2.95. The third-order valence-electron chi connectivity index (χ3n) is 2.84. The van der Waals surface area contributed by atoms with Crippen LogP contribution in [0, 0.1) is 0 Å². The van der Waals surface area contributed by atoms with Gasteiger partial charge in [-0.25, -0.2) is 0 Å². The lowest BCUT2D eigenvalue weighted by Gasteiger charge is -2.16. The lowest BCUT2D eigenvalue weighted by molar-refractivity contribution is -0.0501. The third-order valence-corrected chi connectivity index (χ3v) is 3.91. The summed E-state index contributed by atoms with van der Waals surface area (Å²) in [5.74, 6) is -0.487. The van der Waals surface area contributed by atoms with Crippen LogP contribution in [0.3, 0.4) is 0 Å². The molecule has 3 nitrogen and oxygen atoms in total. The molecule has 0 saturated heterocycles. The highest BCUT2D eigenvalue weighted by molar-refractivity contribution is 9.09. The number of hydrogen-bond donors (Lipinski definition) is 1. The van der Waals surface area contributed by atoms with Gasteiger partial charge in [-0.2, -0.15) is 8.78 Å². The summed E-state index contributed by atoms with van der Waals surface area (Å²) in [6, 6.07) is 5.99. The second kappa shape index (κ2) is 5.22. The van der Waals surface area contributed by atoms with E-state index in [2.05, 4.69) is 26.0 Å². The summed E-state index contributed by atoms with van der Waals surface area (Å²) in [5.41, 5.74) is -0.0975. The van der Waals surface area contributed by atoms with E-state index in [1.807, 2.05) is 0 Å². The number of para-hydroxylation sites is 1. The Labute approximate surface area is 112 Å². The number of hydrogen-bond acceptors (Lipinski definition) is 2. The molecule has 1 aliphatic rings. The van der Waals surface area contributed by atoms with Crippen molar-refractivity contribution in [2.24, 2.45) is 0 Å². The first-order chi connectivity index (χ1) is 8.56. The molecule has 1 aliphatic carbocycles. The van der Waals surface area contributed by atoms with E-state index in [-0.39, 0.29) is 22.8 Å². The Hall–Kier alpha value is -1.17. The van der Waals surface area contributed by atoms with Crippen molar-refractivity contribution in [2.45, 2.75) is 25.0 Å². The molecular weight excluding hydrogens is 308 g/mol. The van der Waals surface area contributed by atoms with Crippen molar-refractivity contribution in [1.82, 2.24) is 5.32 Å². The highest BCUT2D eigenvalue weighted by atomic mass is 79.9. The van der Waals surface area contributed by atoms with Gasteiger partial charge in [0.1, 0.15) is 5.75 Å². The van der Waals surface area contributed by atoms with Crippen LogP contribution in [0.5, 0.6) is 5.75 Å². The Morgan fingerprint density at radius 2 is 2.11 bits per heavy atom. The average molecular weight is 320 g/mol. The molecule has 1 aromatic carbocycles. The SMILES string of the molecule is O=C(NC1(CBr)CC1)c1ccccc1OC(F)F. The molecule has 18 heavy (non-hydrogen) atoms. The van der Waals surface area contributed by atoms with Crippen molar-refractivity contribution >= 4 is 21.8 Å². The van der Waals surface area contributed by atoms with Crippen molar-refractivity contribution in [3.05, 3.63) is 29.8 Å². The lowest BCUT2D eigenvalue weighted by atomic mass is 10.1. The second-order valence-electron chi connectivity index (χ2n) is 4.24. The fourth-order valence-electron chi connectivity index (χ4n) is 1.60. The molecule has 0 bridgehead atoms. The summed E-state index contributed by atoms with van der Waals surface area (Å²) >= 11 is 3.33. The molecule has 0 aromatic heterocycles. The molecule has 0 unspecified atom stereocenters. The van der Waals surface area contributed by atoms with Crippen LogP contribution < -0.4 is 10.1 Å². The Morgan fingerprint density at radius 3 is 2.67 bits per heavy atom. The van der Waals surface area contributed by atoms with Gasteiger partial charge in [-0.15, -0.1) is 0 Å². The van der Waals surface area contributed by atoms with Crippen LogP contribution in [0.25, 0.3) is 0 Å². The van der Waals surface area contributed by atoms with E-state index in [1.165, 1.54) is 12.1 Å². The van der Waals surface area contributed by atoms with E-state index >= 15 is 0 Å². The number of nitrogens with one attached hydrogen (secondary N) is 1. The average Bonchev–Trinajstić information content (AvgIpc) is 3.09. The highest BCUT2D eigenvalue weighted by Gasteiger charge is 2.43. The van der Waals surface area contributed by atoms with Gasteiger partial charge in [0, 0.05) is 5.33 Å². The minimum absolute atomic E-state index is 0.102. The monoisotopic (exact) mass is 319 g/mol. The Kier molecular flexibility index (Phi) is 3.85. The largest absolute Gasteiger partial charge is 0.434 e. The number of alkyl halides is 3. The van der Waals surface area contributed by atoms with Gasteiger partial charge in [-0.05, 0) is 25.0 Å². The molecule has 0 heterocycles. The molecule has 1 amide bonds. The van der Waals surface area contributed by atoms with Crippen molar-refractivity contribution < 1.29 is 18.3 Å². The molecule has 2 rings (SSSR count). The third kappa shape index (κ3) is 2.98. The molecule has 0 aliphatic heterocycles. The van der Waals surface area contributed by atoms with E-state index in [1.54, 1.807) is 12.1 Å². The van der Waals surface area contributed by atoms with Crippen LogP contribution in [0.4, 0.5) is 8.78 Å². The summed E-state index contributed by atoms with van der Waals surface area (Å²) in [6.45, 7) is -2.94. The smallest absolute Gasteiger partial charge is 0.387 e. The van der Waals surface area contributed by atoms with Crippen molar-refractivity contribution in [3.8, 4) is 5.75 Å². The minimum Gasteiger partial charge on any atom is -0.434 e. The number of carbonyl (C=O) groups excluding carboxylic acids is 1. The van der Waals surface area contributed by atoms with Gasteiger partial charge in [0.25, 0.3) is 5.91 Å². The minimum atomic E-state index is -2.94. The maximum atomic E-state index is 12.2. The normalized spacial score (nSPS) is 16.4. The maximum Gasteiger partial charge on any atom is 0.387 e. The molecule has 1 N–H and O–H groups in total. The van der Waals surface area contributed by atoms with E-state index < -0.39 is 6.61 Å². The Bertz CT molecular complexity index is 449. The molecule has 1 aromatic rings. The zero-order valence-electron chi connectivity index (χ0n) is 9.46. The first kappa shape index (κ1) is 13.3. The van der Waals surface area contributed by atoms with Gasteiger partial charge < -0.3 is 10.1 Å². The number of rotatable bonds is 5. The molecular formula is C12H12BrF2NO2. The quantitative estimate of drug-likeness (QED) is 0.847. The summed E-state index contributed by atoms with van der Waals surface area (Å²) in [6.07, 6.45) is 1.78. The van der Waals surface area contributed by atoms with Crippen LogP contribution in [0.2, 0.25) is 0 Å². The van der Waals surface area contributed by atoms with Gasteiger partial charge in [-0.1, -0.05) is 28.1 Å². The van der Waals surface area contributed by atoms with E-state index in [4.69, 9.17) is 0 Å².